The number of rotatable bonds is 3. The number of hydrogen-bond acceptors (Lipinski definition) is 6. The van der Waals surface area contributed by atoms with Gasteiger partial charge in [-0.05, 0) is 30.7 Å². The molecule has 2 N–H and O–H groups in total. The van der Waals surface area contributed by atoms with Crippen molar-refractivity contribution in [2.75, 3.05) is 5.32 Å². The van der Waals surface area contributed by atoms with E-state index in [0.717, 1.165) is 30.0 Å². The first kappa shape index (κ1) is 17.6. The normalized spacial score (nSPS) is 17.1. The van der Waals surface area contributed by atoms with Gasteiger partial charge in [-0.1, -0.05) is 17.7 Å². The van der Waals surface area contributed by atoms with Crippen molar-refractivity contribution >= 4 is 27.1 Å². The Bertz CT molecular complexity index is 1030. The SMILES string of the molecule is Cc1ccc(N/C=C2\C(=O)NCc3cc([N+](=O)[O-])ccc3S2(=O)=O)cc1. The predicted octanol–water partition coefficient (Wildman–Crippen LogP) is 2.26. The standard InChI is InChI=1S/C17H15N3O5S/c1-11-2-4-13(5-3-11)18-10-16-17(21)19-9-12-8-14(20(22)23)6-7-15(12)26(16,24)25/h2-8,10,18H,9H2,1H3,(H,19,21)/b16-10+. The molecule has 0 spiro atoms. The summed E-state index contributed by atoms with van der Waals surface area (Å²) in [5.74, 6) is -0.775. The summed E-state index contributed by atoms with van der Waals surface area (Å²) in [5, 5.41) is 16.2. The van der Waals surface area contributed by atoms with Gasteiger partial charge in [0.2, 0.25) is 9.84 Å². The van der Waals surface area contributed by atoms with E-state index < -0.39 is 25.6 Å². The lowest BCUT2D eigenvalue weighted by Crippen LogP contribution is -2.25. The van der Waals surface area contributed by atoms with Gasteiger partial charge in [0.05, 0.1) is 9.82 Å². The second-order valence-corrected chi connectivity index (χ2v) is 7.64. The van der Waals surface area contributed by atoms with Gasteiger partial charge in [-0.2, -0.15) is 0 Å². The molecule has 0 atom stereocenters. The van der Waals surface area contributed by atoms with Crippen LogP contribution in [0.3, 0.4) is 0 Å². The molecule has 0 aliphatic carbocycles. The van der Waals surface area contributed by atoms with E-state index in [0.29, 0.717) is 5.69 Å². The highest BCUT2D eigenvalue weighted by Gasteiger charge is 2.33. The van der Waals surface area contributed by atoms with Crippen LogP contribution in [0.25, 0.3) is 0 Å². The van der Waals surface area contributed by atoms with Crippen molar-refractivity contribution in [1.29, 1.82) is 0 Å². The number of nitrogens with one attached hydrogen (secondary N) is 2. The Labute approximate surface area is 149 Å². The summed E-state index contributed by atoms with van der Waals surface area (Å²) in [6.45, 7) is 1.80. The van der Waals surface area contributed by atoms with Gasteiger partial charge in [0.25, 0.3) is 11.6 Å². The zero-order chi connectivity index (χ0) is 18.9. The minimum atomic E-state index is -4.13. The minimum Gasteiger partial charge on any atom is -0.360 e. The summed E-state index contributed by atoms with van der Waals surface area (Å²) in [7, 11) is -4.13. The van der Waals surface area contributed by atoms with Gasteiger partial charge in [-0.3, -0.25) is 14.9 Å². The van der Waals surface area contributed by atoms with Crippen LogP contribution in [0.15, 0.2) is 58.5 Å². The first-order chi connectivity index (χ1) is 12.3. The molecule has 2 aromatic carbocycles. The quantitative estimate of drug-likeness (QED) is 0.484. The first-order valence-electron chi connectivity index (χ1n) is 7.63. The average Bonchev–Trinajstić information content (AvgIpc) is 2.69. The molecule has 0 aromatic heterocycles. The lowest BCUT2D eigenvalue weighted by molar-refractivity contribution is -0.385. The van der Waals surface area contributed by atoms with Crippen LogP contribution < -0.4 is 10.6 Å². The number of fused-ring (bicyclic) bond motifs is 1. The first-order valence-corrected chi connectivity index (χ1v) is 9.11. The van der Waals surface area contributed by atoms with E-state index >= 15 is 0 Å². The Balaban J connectivity index is 2.03. The maximum atomic E-state index is 12.9. The van der Waals surface area contributed by atoms with Crippen molar-refractivity contribution in [1.82, 2.24) is 5.32 Å². The zero-order valence-electron chi connectivity index (χ0n) is 13.7. The Hall–Kier alpha value is -3.20. The molecular formula is C17H15N3O5S. The summed E-state index contributed by atoms with van der Waals surface area (Å²) in [5.41, 5.74) is 1.60. The van der Waals surface area contributed by atoms with E-state index in [9.17, 15) is 23.3 Å². The molecule has 26 heavy (non-hydrogen) atoms. The number of nitro groups is 1. The van der Waals surface area contributed by atoms with E-state index in [1.165, 1.54) is 0 Å². The van der Waals surface area contributed by atoms with Crippen LogP contribution in [0, 0.1) is 17.0 Å². The second-order valence-electron chi connectivity index (χ2n) is 5.75. The van der Waals surface area contributed by atoms with Gasteiger partial charge < -0.3 is 10.6 Å². The summed E-state index contributed by atoms with van der Waals surface area (Å²) >= 11 is 0. The highest BCUT2D eigenvalue weighted by molar-refractivity contribution is 7.96. The van der Waals surface area contributed by atoms with Crippen molar-refractivity contribution in [3.8, 4) is 0 Å². The Morgan fingerprint density at radius 2 is 1.88 bits per heavy atom. The molecule has 0 unspecified atom stereocenters. The maximum absolute atomic E-state index is 12.9. The molecule has 0 fully saturated rings. The summed E-state index contributed by atoms with van der Waals surface area (Å²) in [6, 6.07) is 10.6. The molecular weight excluding hydrogens is 358 g/mol. The van der Waals surface area contributed by atoms with Crippen LogP contribution in [0.4, 0.5) is 11.4 Å². The summed E-state index contributed by atoms with van der Waals surface area (Å²) in [6.07, 6.45) is 1.13. The van der Waals surface area contributed by atoms with Crippen molar-refractivity contribution in [2.24, 2.45) is 0 Å². The van der Waals surface area contributed by atoms with Crippen LogP contribution in [0.1, 0.15) is 11.1 Å². The molecule has 0 bridgehead atoms. The lowest BCUT2D eigenvalue weighted by atomic mass is 10.2. The van der Waals surface area contributed by atoms with Crippen LogP contribution in [-0.4, -0.2) is 19.2 Å². The van der Waals surface area contributed by atoms with E-state index in [2.05, 4.69) is 10.6 Å². The van der Waals surface area contributed by atoms with Gasteiger partial charge in [-0.15, -0.1) is 0 Å². The smallest absolute Gasteiger partial charge is 0.269 e. The third-order valence-electron chi connectivity index (χ3n) is 3.92. The Morgan fingerprint density at radius 3 is 2.54 bits per heavy atom. The van der Waals surface area contributed by atoms with Crippen molar-refractivity contribution < 1.29 is 18.1 Å². The average molecular weight is 373 g/mol. The third-order valence-corrected chi connectivity index (χ3v) is 5.78. The van der Waals surface area contributed by atoms with Crippen molar-refractivity contribution in [2.45, 2.75) is 18.4 Å². The van der Waals surface area contributed by atoms with Gasteiger partial charge in [-0.25, -0.2) is 8.42 Å². The number of amides is 1. The van der Waals surface area contributed by atoms with E-state index in [-0.39, 0.29) is 22.7 Å². The number of benzene rings is 2. The van der Waals surface area contributed by atoms with Gasteiger partial charge in [0, 0.05) is 30.6 Å². The molecule has 0 saturated carbocycles. The van der Waals surface area contributed by atoms with Gasteiger partial charge in [0.1, 0.15) is 0 Å². The molecule has 1 amide bonds. The number of nitro benzene ring substituents is 1. The second kappa shape index (κ2) is 6.60. The molecule has 0 radical (unpaired) electrons. The number of aryl methyl sites for hydroxylation is 1. The topological polar surface area (TPSA) is 118 Å². The molecule has 2 aromatic rings. The molecule has 9 heteroatoms. The van der Waals surface area contributed by atoms with Crippen molar-refractivity contribution in [3.63, 3.8) is 0 Å². The molecule has 1 aliphatic rings. The highest BCUT2D eigenvalue weighted by Crippen LogP contribution is 2.29. The zero-order valence-corrected chi connectivity index (χ0v) is 14.5. The van der Waals surface area contributed by atoms with Crippen molar-refractivity contribution in [3.05, 3.63) is 74.8 Å². The number of carbonyl (C=O) groups is 1. The largest absolute Gasteiger partial charge is 0.360 e. The predicted molar refractivity (Wildman–Crippen MR) is 95.0 cm³/mol. The number of hydrogen-bond donors (Lipinski definition) is 2. The minimum absolute atomic E-state index is 0.114. The van der Waals surface area contributed by atoms with Crippen LogP contribution in [-0.2, 0) is 21.2 Å². The number of nitrogens with zero attached hydrogens (tertiary/aromatic N) is 1. The van der Waals surface area contributed by atoms with Gasteiger partial charge >= 0.3 is 0 Å². The van der Waals surface area contributed by atoms with E-state index in [1.807, 2.05) is 19.1 Å². The fourth-order valence-electron chi connectivity index (χ4n) is 2.52. The van der Waals surface area contributed by atoms with E-state index in [4.69, 9.17) is 0 Å². The molecule has 1 heterocycles. The number of carbonyl (C=O) groups excluding carboxylic acids is 1. The summed E-state index contributed by atoms with van der Waals surface area (Å²) in [4.78, 5) is 22.0. The maximum Gasteiger partial charge on any atom is 0.269 e. The monoisotopic (exact) mass is 373 g/mol. The molecule has 1 aliphatic heterocycles. The molecule has 134 valence electrons. The third kappa shape index (κ3) is 3.29. The molecule has 8 nitrogen and oxygen atoms in total. The number of anilines is 1. The number of sulfone groups is 1. The van der Waals surface area contributed by atoms with Crippen LogP contribution >= 0.6 is 0 Å². The fourth-order valence-corrected chi connectivity index (χ4v) is 4.02. The van der Waals surface area contributed by atoms with Gasteiger partial charge in [0.15, 0.2) is 4.91 Å². The fraction of sp³-hybridized carbons (Fsp3) is 0.118. The highest BCUT2D eigenvalue weighted by atomic mass is 32.2. The number of non-ortho nitro benzene ring substituents is 1. The van der Waals surface area contributed by atoms with E-state index in [1.54, 1.807) is 12.1 Å². The Kier molecular flexibility index (Phi) is 4.47. The summed E-state index contributed by atoms with van der Waals surface area (Å²) < 4.78 is 25.7. The molecule has 0 saturated heterocycles. The van der Waals surface area contributed by atoms with Crippen LogP contribution in [0.5, 0.6) is 0 Å². The lowest BCUT2D eigenvalue weighted by Gasteiger charge is -2.07. The molecule has 3 rings (SSSR count). The van der Waals surface area contributed by atoms with Crippen LogP contribution in [0.2, 0.25) is 0 Å². The Morgan fingerprint density at radius 1 is 1.19 bits per heavy atom.